The van der Waals surface area contributed by atoms with Crippen molar-refractivity contribution in [3.63, 3.8) is 0 Å². The molecule has 0 bridgehead atoms. The number of fused-ring (bicyclic) bond motifs is 4. The van der Waals surface area contributed by atoms with Crippen molar-refractivity contribution in [2.24, 2.45) is 0 Å². The van der Waals surface area contributed by atoms with Crippen LogP contribution in [0.2, 0.25) is 0 Å². The van der Waals surface area contributed by atoms with Gasteiger partial charge in [0.25, 0.3) is 0 Å². The Hall–Kier alpha value is -2.42. The van der Waals surface area contributed by atoms with Crippen LogP contribution in [0.5, 0.6) is 0 Å². The second-order valence-electron chi connectivity index (χ2n) is 5.99. The number of aromatic nitrogens is 3. The quantitative estimate of drug-likeness (QED) is 0.532. The Bertz CT molecular complexity index is 1010. The standard InChI is InChI=1S/C19H19N3/c1-4-9-22-17-8-6-5-7-14(17)18-19(22)21-16-11-13(3)12(2)10-15(16)20-18/h5-8,10-11H,4,9H2,1-3H3. The van der Waals surface area contributed by atoms with E-state index in [4.69, 9.17) is 9.97 Å². The Morgan fingerprint density at radius 3 is 2.36 bits per heavy atom. The van der Waals surface area contributed by atoms with Crippen LogP contribution >= 0.6 is 0 Å². The first-order valence-corrected chi connectivity index (χ1v) is 7.85. The number of nitrogens with zero attached hydrogens (tertiary/aromatic N) is 3. The molecule has 0 atom stereocenters. The Morgan fingerprint density at radius 1 is 0.955 bits per heavy atom. The molecule has 0 aliphatic carbocycles. The van der Waals surface area contributed by atoms with Crippen LogP contribution in [0.1, 0.15) is 24.5 Å². The van der Waals surface area contributed by atoms with E-state index in [1.54, 1.807) is 0 Å². The maximum atomic E-state index is 4.94. The molecule has 3 nitrogen and oxygen atoms in total. The van der Waals surface area contributed by atoms with Crippen LogP contribution in [0, 0.1) is 13.8 Å². The summed E-state index contributed by atoms with van der Waals surface area (Å²) in [5.74, 6) is 0. The summed E-state index contributed by atoms with van der Waals surface area (Å²) in [4.78, 5) is 9.86. The Morgan fingerprint density at radius 2 is 1.64 bits per heavy atom. The van der Waals surface area contributed by atoms with E-state index in [2.05, 4.69) is 61.7 Å². The number of para-hydroxylation sites is 1. The summed E-state index contributed by atoms with van der Waals surface area (Å²) in [6, 6.07) is 12.8. The van der Waals surface area contributed by atoms with Crippen LogP contribution in [0.25, 0.3) is 33.1 Å². The van der Waals surface area contributed by atoms with Crippen molar-refractivity contribution in [1.82, 2.24) is 14.5 Å². The van der Waals surface area contributed by atoms with Gasteiger partial charge in [-0.2, -0.15) is 0 Å². The maximum absolute atomic E-state index is 4.94. The van der Waals surface area contributed by atoms with E-state index in [1.165, 1.54) is 22.0 Å². The average Bonchev–Trinajstić information content (AvgIpc) is 2.81. The molecule has 0 saturated heterocycles. The summed E-state index contributed by atoms with van der Waals surface area (Å²) in [6.45, 7) is 7.42. The molecular formula is C19H19N3. The monoisotopic (exact) mass is 289 g/mol. The fourth-order valence-electron chi connectivity index (χ4n) is 3.14. The third-order valence-corrected chi connectivity index (χ3v) is 4.41. The summed E-state index contributed by atoms with van der Waals surface area (Å²) in [5.41, 5.74) is 7.73. The molecule has 3 heteroatoms. The lowest BCUT2D eigenvalue weighted by Crippen LogP contribution is -1.98. The summed E-state index contributed by atoms with van der Waals surface area (Å²) in [7, 11) is 0. The van der Waals surface area contributed by atoms with Crippen molar-refractivity contribution in [1.29, 1.82) is 0 Å². The molecule has 110 valence electrons. The van der Waals surface area contributed by atoms with E-state index in [1.807, 2.05) is 0 Å². The van der Waals surface area contributed by atoms with Gasteiger partial charge >= 0.3 is 0 Å². The second kappa shape index (κ2) is 4.80. The first kappa shape index (κ1) is 13.3. The first-order valence-electron chi connectivity index (χ1n) is 7.85. The minimum absolute atomic E-state index is 0.967. The number of benzene rings is 2. The minimum atomic E-state index is 0.967. The van der Waals surface area contributed by atoms with E-state index in [0.29, 0.717) is 0 Å². The molecule has 4 aromatic rings. The lowest BCUT2D eigenvalue weighted by atomic mass is 10.1. The van der Waals surface area contributed by atoms with Crippen molar-refractivity contribution in [2.45, 2.75) is 33.7 Å². The molecule has 0 saturated carbocycles. The SMILES string of the molecule is CCCn1c2ccccc2c2nc3cc(C)c(C)cc3nc21. The molecule has 2 heterocycles. The molecule has 0 amide bonds. The maximum Gasteiger partial charge on any atom is 0.160 e. The summed E-state index contributed by atoms with van der Waals surface area (Å²) < 4.78 is 2.30. The van der Waals surface area contributed by atoms with Gasteiger partial charge in [-0.15, -0.1) is 0 Å². The van der Waals surface area contributed by atoms with Crippen LogP contribution in [-0.4, -0.2) is 14.5 Å². The van der Waals surface area contributed by atoms with E-state index in [9.17, 15) is 0 Å². The van der Waals surface area contributed by atoms with Gasteiger partial charge in [0.1, 0.15) is 5.52 Å². The van der Waals surface area contributed by atoms with Crippen molar-refractivity contribution >= 4 is 33.1 Å². The molecule has 0 radical (unpaired) electrons. The van der Waals surface area contributed by atoms with Gasteiger partial charge in [0.2, 0.25) is 0 Å². The van der Waals surface area contributed by atoms with Gasteiger partial charge in [0, 0.05) is 11.9 Å². The summed E-state index contributed by atoms with van der Waals surface area (Å²) >= 11 is 0. The van der Waals surface area contributed by atoms with Crippen LogP contribution in [0.4, 0.5) is 0 Å². The molecule has 0 fully saturated rings. The highest BCUT2D eigenvalue weighted by molar-refractivity contribution is 6.06. The molecule has 0 aliphatic heterocycles. The van der Waals surface area contributed by atoms with E-state index < -0.39 is 0 Å². The Kier molecular flexibility index (Phi) is 2.89. The van der Waals surface area contributed by atoms with Gasteiger partial charge in [0.15, 0.2) is 5.65 Å². The Balaban J connectivity index is 2.19. The third kappa shape index (κ3) is 1.82. The van der Waals surface area contributed by atoms with E-state index in [-0.39, 0.29) is 0 Å². The van der Waals surface area contributed by atoms with Crippen molar-refractivity contribution in [3.8, 4) is 0 Å². The Labute approximate surface area is 129 Å². The topological polar surface area (TPSA) is 30.7 Å². The van der Waals surface area contributed by atoms with Gasteiger partial charge in [0.05, 0.1) is 16.6 Å². The molecule has 0 unspecified atom stereocenters. The lowest BCUT2D eigenvalue weighted by molar-refractivity contribution is 0.718. The number of aryl methyl sites for hydroxylation is 3. The highest BCUT2D eigenvalue weighted by Gasteiger charge is 2.14. The van der Waals surface area contributed by atoms with Crippen molar-refractivity contribution < 1.29 is 0 Å². The minimum Gasteiger partial charge on any atom is -0.324 e. The zero-order valence-corrected chi connectivity index (χ0v) is 13.2. The largest absolute Gasteiger partial charge is 0.324 e. The molecule has 4 rings (SSSR count). The predicted octanol–water partition coefficient (Wildman–Crippen LogP) is 4.76. The summed E-state index contributed by atoms with van der Waals surface area (Å²) in [6.07, 6.45) is 1.08. The normalized spacial score (nSPS) is 11.8. The van der Waals surface area contributed by atoms with Crippen LogP contribution in [0.3, 0.4) is 0 Å². The smallest absolute Gasteiger partial charge is 0.160 e. The predicted molar refractivity (Wildman–Crippen MR) is 92.3 cm³/mol. The van der Waals surface area contributed by atoms with Gasteiger partial charge in [-0.25, -0.2) is 9.97 Å². The number of hydrogen-bond acceptors (Lipinski definition) is 2. The van der Waals surface area contributed by atoms with Gasteiger partial charge in [-0.05, 0) is 49.6 Å². The van der Waals surface area contributed by atoms with E-state index >= 15 is 0 Å². The molecule has 2 aromatic heterocycles. The number of hydrogen-bond donors (Lipinski definition) is 0. The van der Waals surface area contributed by atoms with Crippen LogP contribution in [0.15, 0.2) is 36.4 Å². The third-order valence-electron chi connectivity index (χ3n) is 4.41. The van der Waals surface area contributed by atoms with E-state index in [0.717, 1.165) is 35.2 Å². The number of rotatable bonds is 2. The molecule has 0 aliphatic rings. The molecule has 2 aromatic carbocycles. The molecule has 0 spiro atoms. The first-order chi connectivity index (χ1) is 10.7. The second-order valence-corrected chi connectivity index (χ2v) is 5.99. The zero-order valence-electron chi connectivity index (χ0n) is 13.2. The van der Waals surface area contributed by atoms with Gasteiger partial charge in [-0.3, -0.25) is 0 Å². The van der Waals surface area contributed by atoms with Crippen molar-refractivity contribution in [2.75, 3.05) is 0 Å². The molecule has 0 N–H and O–H groups in total. The highest BCUT2D eigenvalue weighted by Crippen LogP contribution is 2.29. The zero-order chi connectivity index (χ0) is 15.3. The highest BCUT2D eigenvalue weighted by atomic mass is 15.1. The summed E-state index contributed by atoms with van der Waals surface area (Å²) in [5, 5.41) is 1.19. The molecule has 22 heavy (non-hydrogen) atoms. The van der Waals surface area contributed by atoms with Crippen molar-refractivity contribution in [3.05, 3.63) is 47.5 Å². The van der Waals surface area contributed by atoms with Gasteiger partial charge < -0.3 is 4.57 Å². The van der Waals surface area contributed by atoms with Crippen LogP contribution in [-0.2, 0) is 6.54 Å². The van der Waals surface area contributed by atoms with Crippen LogP contribution < -0.4 is 0 Å². The average molecular weight is 289 g/mol. The fourth-order valence-corrected chi connectivity index (χ4v) is 3.14. The van der Waals surface area contributed by atoms with Gasteiger partial charge in [-0.1, -0.05) is 25.1 Å². The molecular weight excluding hydrogens is 270 g/mol. The fraction of sp³-hybridized carbons (Fsp3) is 0.263. The lowest BCUT2D eigenvalue weighted by Gasteiger charge is -2.06.